The van der Waals surface area contributed by atoms with Crippen molar-refractivity contribution in [3.8, 4) is 16.9 Å². The minimum absolute atomic E-state index is 0.342. The average Bonchev–Trinajstić information content (AvgIpc) is 2.81. The number of rotatable bonds is 6. The molecule has 1 heterocycles. The van der Waals surface area contributed by atoms with Crippen LogP contribution < -0.4 is 15.0 Å². The Hall–Kier alpha value is -3.38. The zero-order chi connectivity index (χ0) is 21.6. The molecule has 0 saturated carbocycles. The molecule has 0 radical (unpaired) electrons. The molecule has 6 heteroatoms. The number of amides is 1. The highest BCUT2D eigenvalue weighted by atomic mass is 19.1. The van der Waals surface area contributed by atoms with Gasteiger partial charge in [-0.25, -0.2) is 4.39 Å². The quantitative estimate of drug-likeness (QED) is 0.626. The predicted molar refractivity (Wildman–Crippen MR) is 120 cm³/mol. The maximum Gasteiger partial charge on any atom is 0.265 e. The van der Waals surface area contributed by atoms with E-state index in [-0.39, 0.29) is 11.7 Å². The van der Waals surface area contributed by atoms with E-state index in [4.69, 9.17) is 9.47 Å². The molecule has 4 rings (SSSR count). The highest BCUT2D eigenvalue weighted by Crippen LogP contribution is 2.25. The lowest BCUT2D eigenvalue weighted by molar-refractivity contribution is -0.122. The summed E-state index contributed by atoms with van der Waals surface area (Å²) in [4.78, 5) is 14.5. The van der Waals surface area contributed by atoms with E-state index in [1.807, 2.05) is 59.5 Å². The van der Waals surface area contributed by atoms with Crippen molar-refractivity contribution in [3.05, 3.63) is 78.6 Å². The van der Waals surface area contributed by atoms with Crippen LogP contribution in [0.1, 0.15) is 6.92 Å². The highest BCUT2D eigenvalue weighted by molar-refractivity contribution is 5.94. The Kier molecular flexibility index (Phi) is 6.48. The Labute approximate surface area is 181 Å². The standard InChI is InChI=1S/C25H25FN2O3/c1-18(31-22-10-7-20(8-11-22)19-5-3-2-4-6-19)25(29)27-21-9-12-24(23(26)17-21)28-13-15-30-16-14-28/h2-12,17-18H,13-16H2,1H3,(H,27,29). The van der Waals surface area contributed by atoms with Crippen LogP contribution in [0.3, 0.4) is 0 Å². The van der Waals surface area contributed by atoms with Crippen LogP contribution in [0.4, 0.5) is 15.8 Å². The molecule has 0 bridgehead atoms. The minimum Gasteiger partial charge on any atom is -0.481 e. The second kappa shape index (κ2) is 9.62. The Bertz CT molecular complexity index is 1020. The van der Waals surface area contributed by atoms with Gasteiger partial charge in [0.25, 0.3) is 5.91 Å². The smallest absolute Gasteiger partial charge is 0.265 e. The average molecular weight is 420 g/mol. The summed E-state index contributed by atoms with van der Waals surface area (Å²) in [6.45, 7) is 4.13. The Morgan fingerprint density at radius 2 is 1.68 bits per heavy atom. The van der Waals surface area contributed by atoms with Gasteiger partial charge < -0.3 is 19.7 Å². The van der Waals surface area contributed by atoms with Crippen molar-refractivity contribution in [1.82, 2.24) is 0 Å². The van der Waals surface area contributed by atoms with Crippen molar-refractivity contribution in [3.63, 3.8) is 0 Å². The Balaban J connectivity index is 1.35. The summed E-state index contributed by atoms with van der Waals surface area (Å²) in [5, 5.41) is 2.72. The van der Waals surface area contributed by atoms with Crippen LogP contribution in [0.5, 0.6) is 5.75 Å². The van der Waals surface area contributed by atoms with Gasteiger partial charge in [0, 0.05) is 18.8 Å². The van der Waals surface area contributed by atoms with Gasteiger partial charge in [-0.05, 0) is 48.4 Å². The van der Waals surface area contributed by atoms with Crippen LogP contribution >= 0.6 is 0 Å². The zero-order valence-corrected chi connectivity index (χ0v) is 17.4. The molecule has 160 valence electrons. The van der Waals surface area contributed by atoms with Crippen LogP contribution in [-0.2, 0) is 9.53 Å². The van der Waals surface area contributed by atoms with Crippen molar-refractivity contribution in [2.45, 2.75) is 13.0 Å². The molecule has 0 aromatic heterocycles. The molecule has 1 unspecified atom stereocenters. The number of hydrogen-bond acceptors (Lipinski definition) is 4. The Morgan fingerprint density at radius 3 is 2.35 bits per heavy atom. The van der Waals surface area contributed by atoms with Crippen molar-refractivity contribution >= 4 is 17.3 Å². The largest absolute Gasteiger partial charge is 0.481 e. The second-order valence-electron chi connectivity index (χ2n) is 7.41. The molecule has 0 aliphatic carbocycles. The van der Waals surface area contributed by atoms with E-state index in [0.29, 0.717) is 43.4 Å². The third-order valence-corrected chi connectivity index (χ3v) is 5.21. The number of halogens is 1. The number of carbonyl (C=O) groups excluding carboxylic acids is 1. The molecule has 0 spiro atoms. The number of nitrogens with one attached hydrogen (secondary N) is 1. The molecule has 3 aromatic rings. The Morgan fingerprint density at radius 1 is 1.00 bits per heavy atom. The zero-order valence-electron chi connectivity index (χ0n) is 17.4. The van der Waals surface area contributed by atoms with E-state index in [1.165, 1.54) is 6.07 Å². The van der Waals surface area contributed by atoms with Gasteiger partial charge in [-0.2, -0.15) is 0 Å². The van der Waals surface area contributed by atoms with E-state index in [9.17, 15) is 9.18 Å². The lowest BCUT2D eigenvalue weighted by atomic mass is 10.1. The summed E-state index contributed by atoms with van der Waals surface area (Å²) in [5.41, 5.74) is 3.10. The molecule has 1 aliphatic rings. The summed E-state index contributed by atoms with van der Waals surface area (Å²) in [6, 6.07) is 22.3. The van der Waals surface area contributed by atoms with Crippen LogP contribution in [-0.4, -0.2) is 38.3 Å². The molecule has 1 saturated heterocycles. The summed E-state index contributed by atoms with van der Waals surface area (Å²) < 4.78 is 25.6. The second-order valence-corrected chi connectivity index (χ2v) is 7.41. The lowest BCUT2D eigenvalue weighted by Crippen LogP contribution is -2.36. The number of carbonyl (C=O) groups is 1. The fraction of sp³-hybridized carbons (Fsp3) is 0.240. The monoisotopic (exact) mass is 420 g/mol. The van der Waals surface area contributed by atoms with E-state index in [2.05, 4.69) is 5.32 Å². The maximum atomic E-state index is 14.5. The van der Waals surface area contributed by atoms with Crippen LogP contribution in [0.15, 0.2) is 72.8 Å². The van der Waals surface area contributed by atoms with Crippen molar-refractivity contribution in [1.29, 1.82) is 0 Å². The van der Waals surface area contributed by atoms with E-state index in [1.54, 1.807) is 19.1 Å². The van der Waals surface area contributed by atoms with Crippen LogP contribution in [0, 0.1) is 5.82 Å². The third kappa shape index (κ3) is 5.22. The molecular weight excluding hydrogens is 395 g/mol. The van der Waals surface area contributed by atoms with E-state index in [0.717, 1.165) is 11.1 Å². The van der Waals surface area contributed by atoms with Crippen LogP contribution in [0.2, 0.25) is 0 Å². The first-order chi connectivity index (χ1) is 15.1. The molecule has 3 aromatic carbocycles. The number of benzene rings is 3. The molecular formula is C25H25FN2O3. The molecule has 5 nitrogen and oxygen atoms in total. The van der Waals surface area contributed by atoms with Gasteiger partial charge in [-0.1, -0.05) is 42.5 Å². The van der Waals surface area contributed by atoms with Gasteiger partial charge in [0.2, 0.25) is 0 Å². The molecule has 31 heavy (non-hydrogen) atoms. The third-order valence-electron chi connectivity index (χ3n) is 5.21. The van der Waals surface area contributed by atoms with E-state index < -0.39 is 6.10 Å². The number of nitrogens with zero attached hydrogens (tertiary/aromatic N) is 1. The number of hydrogen-bond donors (Lipinski definition) is 1. The fourth-order valence-corrected chi connectivity index (χ4v) is 3.50. The molecule has 1 N–H and O–H groups in total. The lowest BCUT2D eigenvalue weighted by Gasteiger charge is -2.29. The van der Waals surface area contributed by atoms with Gasteiger partial charge in [-0.15, -0.1) is 0 Å². The van der Waals surface area contributed by atoms with Crippen molar-refractivity contribution in [2.24, 2.45) is 0 Å². The highest BCUT2D eigenvalue weighted by Gasteiger charge is 2.18. The summed E-state index contributed by atoms with van der Waals surface area (Å²) in [6.07, 6.45) is -0.732. The maximum absolute atomic E-state index is 14.5. The summed E-state index contributed by atoms with van der Waals surface area (Å²) in [7, 11) is 0. The molecule has 1 amide bonds. The first-order valence-electron chi connectivity index (χ1n) is 10.4. The predicted octanol–water partition coefficient (Wildman–Crippen LogP) is 4.74. The summed E-state index contributed by atoms with van der Waals surface area (Å²) in [5.74, 6) is -0.119. The van der Waals surface area contributed by atoms with Crippen LogP contribution in [0.25, 0.3) is 11.1 Å². The number of ether oxygens (including phenoxy) is 2. The molecule has 1 atom stereocenters. The summed E-state index contributed by atoms with van der Waals surface area (Å²) >= 11 is 0. The fourth-order valence-electron chi connectivity index (χ4n) is 3.50. The molecule has 1 aliphatic heterocycles. The number of morpholine rings is 1. The normalized spacial score (nSPS) is 14.7. The molecule has 1 fully saturated rings. The van der Waals surface area contributed by atoms with Gasteiger partial charge in [0.05, 0.1) is 18.9 Å². The first-order valence-corrected chi connectivity index (χ1v) is 10.4. The first kappa shape index (κ1) is 20.9. The van der Waals surface area contributed by atoms with Gasteiger partial charge >= 0.3 is 0 Å². The van der Waals surface area contributed by atoms with Crippen molar-refractivity contribution < 1.29 is 18.7 Å². The SMILES string of the molecule is CC(Oc1ccc(-c2ccccc2)cc1)C(=O)Nc1ccc(N2CCOCC2)c(F)c1. The van der Waals surface area contributed by atoms with Crippen molar-refractivity contribution in [2.75, 3.05) is 36.5 Å². The van der Waals surface area contributed by atoms with Gasteiger partial charge in [-0.3, -0.25) is 4.79 Å². The number of anilines is 2. The van der Waals surface area contributed by atoms with Gasteiger partial charge in [0.1, 0.15) is 11.6 Å². The minimum atomic E-state index is -0.732. The van der Waals surface area contributed by atoms with E-state index >= 15 is 0 Å². The topological polar surface area (TPSA) is 50.8 Å². The van der Waals surface area contributed by atoms with Gasteiger partial charge in [0.15, 0.2) is 6.10 Å².